The van der Waals surface area contributed by atoms with Gasteiger partial charge >= 0.3 is 0 Å². The third-order valence-corrected chi connectivity index (χ3v) is 5.61. The first-order valence-corrected chi connectivity index (χ1v) is 11.8. The number of rotatable bonds is 6. The molecule has 4 aromatic rings. The molecule has 180 valence electrons. The molecule has 2 aromatic carbocycles. The van der Waals surface area contributed by atoms with Gasteiger partial charge in [0.2, 0.25) is 11.9 Å². The second-order valence-corrected chi connectivity index (χ2v) is 8.74. The van der Waals surface area contributed by atoms with Gasteiger partial charge in [0.05, 0.1) is 7.11 Å². The molecule has 10 heteroatoms. The van der Waals surface area contributed by atoms with E-state index in [1.807, 2.05) is 68.6 Å². The largest absolute Gasteiger partial charge is 0.497 e. The molecule has 0 radical (unpaired) electrons. The second-order valence-electron chi connectivity index (χ2n) is 7.89. The number of thiocarbonyl (C=S) groups is 1. The van der Waals surface area contributed by atoms with Crippen molar-refractivity contribution in [1.29, 1.82) is 0 Å². The van der Waals surface area contributed by atoms with Gasteiger partial charge in [-0.3, -0.25) is 10.3 Å². The number of benzene rings is 2. The van der Waals surface area contributed by atoms with E-state index in [1.54, 1.807) is 7.11 Å². The Bertz CT molecular complexity index is 1350. The maximum atomic E-state index is 6.18. The van der Waals surface area contributed by atoms with Crippen LogP contribution in [0.3, 0.4) is 0 Å². The summed E-state index contributed by atoms with van der Waals surface area (Å²) < 4.78 is 5.20. The third-order valence-electron chi connectivity index (χ3n) is 5.17. The lowest BCUT2D eigenvalue weighted by molar-refractivity contribution is 0.415. The van der Waals surface area contributed by atoms with Crippen molar-refractivity contribution < 1.29 is 4.74 Å². The SMILES string of the molecule is COc1ccc(NC(=S)NC(=NCCc2c[nH]c3ccc(Cl)cc23)Nc2nc(C)cc(C)n2)cc1. The van der Waals surface area contributed by atoms with E-state index in [-0.39, 0.29) is 0 Å². The van der Waals surface area contributed by atoms with Crippen molar-refractivity contribution in [1.82, 2.24) is 20.3 Å². The quantitative estimate of drug-likeness (QED) is 0.161. The smallest absolute Gasteiger partial charge is 0.229 e. The predicted molar refractivity (Wildman–Crippen MR) is 147 cm³/mol. The third kappa shape index (κ3) is 6.68. The molecule has 0 aliphatic carbocycles. The van der Waals surface area contributed by atoms with Crippen molar-refractivity contribution in [3.05, 3.63) is 76.7 Å². The normalized spacial score (nSPS) is 11.4. The lowest BCUT2D eigenvalue weighted by Crippen LogP contribution is -2.39. The van der Waals surface area contributed by atoms with Crippen molar-refractivity contribution in [2.45, 2.75) is 20.3 Å². The zero-order valence-corrected chi connectivity index (χ0v) is 21.2. The van der Waals surface area contributed by atoms with Crippen LogP contribution >= 0.6 is 23.8 Å². The Kier molecular flexibility index (Phi) is 7.79. The summed E-state index contributed by atoms with van der Waals surface area (Å²) in [5.74, 6) is 1.66. The molecule has 0 aliphatic rings. The minimum absolute atomic E-state index is 0.379. The summed E-state index contributed by atoms with van der Waals surface area (Å²) in [4.78, 5) is 16.9. The molecule has 0 unspecified atom stereocenters. The highest BCUT2D eigenvalue weighted by Crippen LogP contribution is 2.22. The van der Waals surface area contributed by atoms with Crippen LogP contribution in [-0.4, -0.2) is 39.7 Å². The molecule has 0 atom stereocenters. The number of H-pyrrole nitrogens is 1. The van der Waals surface area contributed by atoms with E-state index in [1.165, 1.54) is 0 Å². The average molecular weight is 508 g/mol. The molecular weight excluding hydrogens is 482 g/mol. The van der Waals surface area contributed by atoms with Gasteiger partial charge in [0, 0.05) is 45.7 Å². The summed E-state index contributed by atoms with van der Waals surface area (Å²) in [7, 11) is 1.63. The highest BCUT2D eigenvalue weighted by atomic mass is 35.5. The summed E-state index contributed by atoms with van der Waals surface area (Å²) in [5.41, 5.74) is 4.70. The molecular formula is C25H26ClN7OS. The summed E-state index contributed by atoms with van der Waals surface area (Å²) in [6.07, 6.45) is 2.69. The zero-order valence-electron chi connectivity index (χ0n) is 19.6. The van der Waals surface area contributed by atoms with Gasteiger partial charge in [0.1, 0.15) is 5.75 Å². The van der Waals surface area contributed by atoms with Gasteiger partial charge in [0.25, 0.3) is 0 Å². The molecule has 4 rings (SSSR count). The van der Waals surface area contributed by atoms with Crippen molar-refractivity contribution in [3.63, 3.8) is 0 Å². The number of nitrogens with one attached hydrogen (secondary N) is 4. The fourth-order valence-corrected chi connectivity index (χ4v) is 3.97. The van der Waals surface area contributed by atoms with Crippen LogP contribution in [-0.2, 0) is 6.42 Å². The molecule has 8 nitrogen and oxygen atoms in total. The van der Waals surface area contributed by atoms with Crippen LogP contribution < -0.4 is 20.7 Å². The molecule has 35 heavy (non-hydrogen) atoms. The molecule has 0 fully saturated rings. The topological polar surface area (TPSA) is 99.2 Å². The first-order chi connectivity index (χ1) is 16.9. The van der Waals surface area contributed by atoms with E-state index < -0.39 is 0 Å². The van der Waals surface area contributed by atoms with Crippen molar-refractivity contribution in [2.24, 2.45) is 4.99 Å². The number of hydrogen-bond donors (Lipinski definition) is 4. The predicted octanol–water partition coefficient (Wildman–Crippen LogP) is 5.23. The molecule has 0 saturated heterocycles. The molecule has 0 spiro atoms. The summed E-state index contributed by atoms with van der Waals surface area (Å²) in [6.45, 7) is 4.34. The summed E-state index contributed by atoms with van der Waals surface area (Å²) in [6, 6.07) is 15.2. The number of nitrogens with zero attached hydrogens (tertiary/aromatic N) is 3. The number of aromatic amines is 1. The number of aryl methyl sites for hydroxylation is 2. The number of anilines is 2. The molecule has 0 amide bonds. The Balaban J connectivity index is 1.49. The van der Waals surface area contributed by atoms with Crippen molar-refractivity contribution in [3.8, 4) is 5.75 Å². The van der Waals surface area contributed by atoms with Crippen molar-refractivity contribution >= 4 is 57.4 Å². The van der Waals surface area contributed by atoms with E-state index in [0.29, 0.717) is 35.0 Å². The number of fused-ring (bicyclic) bond motifs is 1. The van der Waals surface area contributed by atoms with Gasteiger partial charge in [-0.25, -0.2) is 9.97 Å². The highest BCUT2D eigenvalue weighted by Gasteiger charge is 2.09. The van der Waals surface area contributed by atoms with Crippen LogP contribution in [0, 0.1) is 13.8 Å². The van der Waals surface area contributed by atoms with Crippen LogP contribution in [0.2, 0.25) is 5.02 Å². The van der Waals surface area contributed by atoms with Gasteiger partial charge in [-0.2, -0.15) is 0 Å². The molecule has 0 bridgehead atoms. The van der Waals surface area contributed by atoms with Gasteiger partial charge in [0.15, 0.2) is 5.11 Å². The highest BCUT2D eigenvalue weighted by molar-refractivity contribution is 7.80. The number of ether oxygens (including phenoxy) is 1. The summed E-state index contributed by atoms with van der Waals surface area (Å²) >= 11 is 11.7. The minimum atomic E-state index is 0.379. The van der Waals surface area contributed by atoms with Gasteiger partial charge in [-0.15, -0.1) is 0 Å². The molecule has 0 saturated carbocycles. The summed E-state index contributed by atoms with van der Waals surface area (Å²) in [5, 5.41) is 11.6. The monoisotopic (exact) mass is 507 g/mol. The van der Waals surface area contributed by atoms with Gasteiger partial charge in [-0.1, -0.05) is 11.6 Å². The van der Waals surface area contributed by atoms with E-state index in [9.17, 15) is 0 Å². The van der Waals surface area contributed by atoms with Crippen molar-refractivity contribution in [2.75, 3.05) is 24.3 Å². The van der Waals surface area contributed by atoms with Crippen LogP contribution in [0.15, 0.2) is 59.7 Å². The van der Waals surface area contributed by atoms with Crippen LogP contribution in [0.25, 0.3) is 10.9 Å². The van der Waals surface area contributed by atoms with E-state index >= 15 is 0 Å². The van der Waals surface area contributed by atoms with Gasteiger partial charge in [-0.05, 0) is 86.6 Å². The number of guanidine groups is 1. The average Bonchev–Trinajstić information content (AvgIpc) is 3.20. The van der Waals surface area contributed by atoms with Crippen LogP contribution in [0.4, 0.5) is 11.6 Å². The first-order valence-electron chi connectivity index (χ1n) is 11.0. The lowest BCUT2D eigenvalue weighted by Gasteiger charge is -2.14. The van der Waals surface area contributed by atoms with Crippen LogP contribution in [0.1, 0.15) is 17.0 Å². The Morgan fingerprint density at radius 2 is 1.80 bits per heavy atom. The fourth-order valence-electron chi connectivity index (χ4n) is 3.59. The number of hydrogen-bond acceptors (Lipinski definition) is 5. The lowest BCUT2D eigenvalue weighted by atomic mass is 10.1. The standard InChI is InChI=1S/C25H26ClN7OS/c1-15-12-16(2)30-24(29-15)32-23(33-25(35)31-19-5-7-20(34-3)8-6-19)27-11-10-17-14-28-22-9-4-18(26)13-21(17)22/h4-9,12-14,28H,10-11H2,1-3H3,(H3,27,29,30,31,32,33,35). The van der Waals surface area contributed by atoms with Crippen LogP contribution in [0.5, 0.6) is 5.75 Å². The molecule has 2 aromatic heterocycles. The fraction of sp³-hybridized carbons (Fsp3) is 0.200. The van der Waals surface area contributed by atoms with E-state index in [4.69, 9.17) is 33.5 Å². The molecule has 0 aliphatic heterocycles. The van der Waals surface area contributed by atoms with E-state index in [2.05, 4.69) is 30.9 Å². The van der Waals surface area contributed by atoms with Gasteiger partial charge < -0.3 is 20.4 Å². The van der Waals surface area contributed by atoms with E-state index in [0.717, 1.165) is 39.3 Å². The Labute approximate surface area is 214 Å². The number of halogens is 1. The molecule has 2 heterocycles. The number of aliphatic imine (C=N–C) groups is 1. The Hall–Kier alpha value is -3.69. The number of aromatic nitrogens is 3. The maximum Gasteiger partial charge on any atom is 0.229 e. The minimum Gasteiger partial charge on any atom is -0.497 e. The number of methoxy groups -OCH3 is 1. The molecule has 4 N–H and O–H groups in total. The maximum absolute atomic E-state index is 6.18. The second kappa shape index (κ2) is 11.2. The zero-order chi connectivity index (χ0) is 24.8. The first kappa shape index (κ1) is 24.4. The Morgan fingerprint density at radius 1 is 1.06 bits per heavy atom. The Morgan fingerprint density at radius 3 is 2.51 bits per heavy atom.